The topological polar surface area (TPSA) is 153 Å². The quantitative estimate of drug-likeness (QED) is 0.326. The predicted molar refractivity (Wildman–Crippen MR) is 137 cm³/mol. The maximum absolute atomic E-state index is 13.2. The Morgan fingerprint density at radius 3 is 2.73 bits per heavy atom. The number of nitrogens with one attached hydrogen (secondary N) is 2. The van der Waals surface area contributed by atoms with E-state index in [9.17, 15) is 24.3 Å². The van der Waals surface area contributed by atoms with Crippen molar-refractivity contribution >= 4 is 34.4 Å². The summed E-state index contributed by atoms with van der Waals surface area (Å²) in [5.41, 5.74) is 3.06. The number of carboxylic acid groups (broad SMARTS) is 2. The van der Waals surface area contributed by atoms with Gasteiger partial charge < -0.3 is 25.4 Å². The number of terminal acetylenes is 1. The van der Waals surface area contributed by atoms with Crippen LogP contribution < -0.4 is 15.8 Å². The largest absolute Gasteiger partial charge is 0.481 e. The molecule has 4 N–H and O–H groups in total. The number of hydrogen-bond donors (Lipinski definition) is 4. The Kier molecular flexibility index (Phi) is 7.25. The Balaban J connectivity index is 1.71. The van der Waals surface area contributed by atoms with Crippen molar-refractivity contribution < 1.29 is 24.6 Å². The van der Waals surface area contributed by atoms with Crippen LogP contribution in [0.1, 0.15) is 52.6 Å². The number of para-hydroxylation sites is 1. The van der Waals surface area contributed by atoms with E-state index in [1.807, 2.05) is 17.0 Å². The summed E-state index contributed by atoms with van der Waals surface area (Å²) in [6.45, 7) is 1.89. The highest BCUT2D eigenvalue weighted by atomic mass is 16.4. The molecule has 0 aliphatic heterocycles. The molecule has 0 radical (unpaired) electrons. The van der Waals surface area contributed by atoms with Crippen molar-refractivity contribution in [3.05, 3.63) is 69.3 Å². The number of hydrogen-bond acceptors (Lipinski definition) is 6. The van der Waals surface area contributed by atoms with Crippen molar-refractivity contribution in [1.29, 1.82) is 0 Å². The molecule has 1 unspecified atom stereocenters. The third-order valence-electron chi connectivity index (χ3n) is 6.48. The van der Waals surface area contributed by atoms with Crippen LogP contribution >= 0.6 is 0 Å². The molecule has 0 spiro atoms. The SMILES string of the molecule is C#CCN(c1ccccc1C(=O)N[C@@H](CCC(=O)O)C(=O)O)C1CCc2cc3nc(C)[nH]c(=O)c3cc21. The molecule has 10 nitrogen and oxygen atoms in total. The molecular formula is C27H26N4O6. The number of aromatic amines is 1. The lowest BCUT2D eigenvalue weighted by Gasteiger charge is -2.32. The van der Waals surface area contributed by atoms with Gasteiger partial charge in [-0.25, -0.2) is 9.78 Å². The number of aliphatic carboxylic acids is 2. The molecule has 1 amide bonds. The Labute approximate surface area is 212 Å². The fourth-order valence-corrected chi connectivity index (χ4v) is 4.80. The summed E-state index contributed by atoms with van der Waals surface area (Å²) in [4.78, 5) is 57.4. The lowest BCUT2D eigenvalue weighted by atomic mass is 10.0. The van der Waals surface area contributed by atoms with Gasteiger partial charge in [0.2, 0.25) is 0 Å². The van der Waals surface area contributed by atoms with Gasteiger partial charge in [0.1, 0.15) is 11.9 Å². The fraction of sp³-hybridized carbons (Fsp3) is 0.296. The number of anilines is 1. The Morgan fingerprint density at radius 2 is 2.03 bits per heavy atom. The van der Waals surface area contributed by atoms with E-state index in [4.69, 9.17) is 11.5 Å². The van der Waals surface area contributed by atoms with Crippen LogP contribution in [0.3, 0.4) is 0 Å². The second-order valence-electron chi connectivity index (χ2n) is 8.92. The molecule has 10 heteroatoms. The smallest absolute Gasteiger partial charge is 0.326 e. The number of carbonyl (C=O) groups excluding carboxylic acids is 1. The minimum absolute atomic E-state index is 0.163. The van der Waals surface area contributed by atoms with Crippen molar-refractivity contribution in [1.82, 2.24) is 15.3 Å². The number of carboxylic acids is 2. The molecule has 2 atom stereocenters. The normalized spacial score (nSPS) is 15.0. The van der Waals surface area contributed by atoms with E-state index >= 15 is 0 Å². The van der Waals surface area contributed by atoms with E-state index in [2.05, 4.69) is 21.2 Å². The lowest BCUT2D eigenvalue weighted by Crippen LogP contribution is -2.42. The molecule has 1 heterocycles. The Hall–Kier alpha value is -4.65. The van der Waals surface area contributed by atoms with Crippen molar-refractivity contribution in [3.63, 3.8) is 0 Å². The number of carbonyl (C=O) groups is 3. The lowest BCUT2D eigenvalue weighted by molar-refractivity contribution is -0.140. The van der Waals surface area contributed by atoms with Gasteiger partial charge in [0.05, 0.1) is 34.7 Å². The van der Waals surface area contributed by atoms with Gasteiger partial charge in [-0.15, -0.1) is 6.42 Å². The first-order chi connectivity index (χ1) is 17.7. The highest BCUT2D eigenvalue weighted by Crippen LogP contribution is 2.40. The van der Waals surface area contributed by atoms with Gasteiger partial charge in [-0.05, 0) is 61.6 Å². The second kappa shape index (κ2) is 10.5. The molecule has 2 aromatic carbocycles. The number of rotatable bonds is 9. The molecule has 1 aromatic heterocycles. The number of benzene rings is 2. The third-order valence-corrected chi connectivity index (χ3v) is 6.48. The zero-order chi connectivity index (χ0) is 26.7. The predicted octanol–water partition coefficient (Wildman–Crippen LogP) is 2.41. The van der Waals surface area contributed by atoms with Gasteiger partial charge in [0.25, 0.3) is 11.5 Å². The molecule has 3 aromatic rings. The summed E-state index contributed by atoms with van der Waals surface area (Å²) in [5, 5.41) is 21.3. The molecule has 190 valence electrons. The first kappa shape index (κ1) is 25.4. The standard InChI is InChI=1S/C27H26N4O6/c1-3-12-31(23-10-8-16-13-21-19(14-18(16)23)26(35)29-15(2)28-21)22-7-5-4-6-17(22)25(34)30-20(27(36)37)9-11-24(32)33/h1,4-7,13-14,20,23H,8-12H2,2H3,(H,30,34)(H,32,33)(H,36,37)(H,28,29,35)/t20-,23?/m0/s1. The molecule has 1 aliphatic rings. The van der Waals surface area contributed by atoms with Crippen molar-refractivity contribution in [3.8, 4) is 12.3 Å². The van der Waals surface area contributed by atoms with Gasteiger partial charge in [-0.1, -0.05) is 18.1 Å². The highest BCUT2D eigenvalue weighted by Gasteiger charge is 2.31. The molecule has 0 bridgehead atoms. The van der Waals surface area contributed by atoms with Crippen LogP contribution in [-0.2, 0) is 16.0 Å². The van der Waals surface area contributed by atoms with Crippen molar-refractivity contribution in [2.45, 2.75) is 44.7 Å². The Morgan fingerprint density at radius 1 is 1.27 bits per heavy atom. The maximum Gasteiger partial charge on any atom is 0.326 e. The van der Waals surface area contributed by atoms with Crippen LogP contribution in [0.25, 0.3) is 10.9 Å². The number of aromatic nitrogens is 2. The van der Waals surface area contributed by atoms with E-state index in [-0.39, 0.29) is 30.1 Å². The summed E-state index contributed by atoms with van der Waals surface area (Å²) >= 11 is 0. The third kappa shape index (κ3) is 5.30. The highest BCUT2D eigenvalue weighted by molar-refractivity contribution is 6.01. The van der Waals surface area contributed by atoms with E-state index < -0.39 is 30.3 Å². The number of fused-ring (bicyclic) bond motifs is 2. The maximum atomic E-state index is 13.2. The first-order valence-corrected chi connectivity index (χ1v) is 11.8. The van der Waals surface area contributed by atoms with E-state index in [0.717, 1.165) is 17.5 Å². The fourth-order valence-electron chi connectivity index (χ4n) is 4.80. The monoisotopic (exact) mass is 502 g/mol. The molecule has 0 saturated heterocycles. The van der Waals surface area contributed by atoms with Crippen molar-refractivity contribution in [2.75, 3.05) is 11.4 Å². The second-order valence-corrected chi connectivity index (χ2v) is 8.92. The molecule has 37 heavy (non-hydrogen) atoms. The molecular weight excluding hydrogens is 476 g/mol. The average molecular weight is 503 g/mol. The van der Waals surface area contributed by atoms with Gasteiger partial charge in [0, 0.05) is 6.42 Å². The van der Waals surface area contributed by atoms with Crippen LogP contribution in [0.4, 0.5) is 5.69 Å². The molecule has 4 rings (SSSR count). The Bertz CT molecular complexity index is 1490. The van der Waals surface area contributed by atoms with E-state index in [1.54, 1.807) is 31.2 Å². The van der Waals surface area contributed by atoms with Crippen LogP contribution in [-0.4, -0.2) is 50.6 Å². The first-order valence-electron chi connectivity index (χ1n) is 11.8. The minimum Gasteiger partial charge on any atom is -0.481 e. The average Bonchev–Trinajstić information content (AvgIpc) is 3.26. The van der Waals surface area contributed by atoms with E-state index in [0.29, 0.717) is 28.8 Å². The zero-order valence-corrected chi connectivity index (χ0v) is 20.2. The van der Waals surface area contributed by atoms with Gasteiger partial charge >= 0.3 is 11.9 Å². The summed E-state index contributed by atoms with van der Waals surface area (Å²) in [7, 11) is 0. The minimum atomic E-state index is -1.36. The zero-order valence-electron chi connectivity index (χ0n) is 20.2. The van der Waals surface area contributed by atoms with Crippen LogP contribution in [0, 0.1) is 19.3 Å². The summed E-state index contributed by atoms with van der Waals surface area (Å²) in [6.07, 6.45) is 6.48. The van der Waals surface area contributed by atoms with Crippen molar-refractivity contribution in [2.24, 2.45) is 0 Å². The van der Waals surface area contributed by atoms with Crippen LogP contribution in [0.15, 0.2) is 41.2 Å². The van der Waals surface area contributed by atoms with Crippen LogP contribution in [0.5, 0.6) is 0 Å². The number of aryl methyl sites for hydroxylation is 2. The van der Waals surface area contributed by atoms with Gasteiger partial charge in [0.15, 0.2) is 0 Å². The molecule has 0 fully saturated rings. The van der Waals surface area contributed by atoms with Crippen LogP contribution in [0.2, 0.25) is 0 Å². The summed E-state index contributed by atoms with van der Waals surface area (Å²) < 4.78 is 0. The number of amides is 1. The van der Waals surface area contributed by atoms with Gasteiger partial charge in [-0.2, -0.15) is 0 Å². The molecule has 1 aliphatic carbocycles. The molecule has 0 saturated carbocycles. The summed E-state index contributed by atoms with van der Waals surface area (Å²) in [5.74, 6) is 0.0482. The van der Waals surface area contributed by atoms with Gasteiger partial charge in [-0.3, -0.25) is 14.4 Å². The number of H-pyrrole nitrogens is 1. The summed E-state index contributed by atoms with van der Waals surface area (Å²) in [6, 6.07) is 8.86. The number of nitrogens with zero attached hydrogens (tertiary/aromatic N) is 2. The van der Waals surface area contributed by atoms with E-state index in [1.165, 1.54) is 0 Å².